The minimum absolute atomic E-state index is 0.0283. The predicted octanol–water partition coefficient (Wildman–Crippen LogP) is 1.61. The average Bonchev–Trinajstić information content (AvgIpc) is 2.60. The third-order valence-corrected chi connectivity index (χ3v) is 5.49. The number of carbonyl (C=O) groups excluding carboxylic acids is 2. The van der Waals surface area contributed by atoms with Crippen LogP contribution in [0.25, 0.3) is 0 Å². The van der Waals surface area contributed by atoms with Gasteiger partial charge in [-0.15, -0.1) is 0 Å². The lowest BCUT2D eigenvalue weighted by molar-refractivity contribution is -0.128. The highest BCUT2D eigenvalue weighted by atomic mass is 32.2. The molecule has 6 nitrogen and oxygen atoms in total. The van der Waals surface area contributed by atoms with Crippen LogP contribution in [0.4, 0.5) is 0 Å². The van der Waals surface area contributed by atoms with Gasteiger partial charge in [0.2, 0.25) is 15.2 Å². The van der Waals surface area contributed by atoms with Gasteiger partial charge in [0.25, 0.3) is 11.8 Å². The third-order valence-electron chi connectivity index (χ3n) is 3.62. The Labute approximate surface area is 147 Å². The van der Waals surface area contributed by atoms with Crippen molar-refractivity contribution in [3.05, 3.63) is 65.7 Å². The highest BCUT2D eigenvalue weighted by Gasteiger charge is 2.36. The number of nitrogens with one attached hydrogen (secondary N) is 1. The van der Waals surface area contributed by atoms with E-state index in [0.29, 0.717) is 0 Å². The van der Waals surface area contributed by atoms with E-state index in [-0.39, 0.29) is 10.5 Å². The molecule has 0 saturated heterocycles. The number of benzene rings is 2. The van der Waals surface area contributed by atoms with E-state index in [1.165, 1.54) is 26.2 Å². The average molecular weight is 360 g/mol. The van der Waals surface area contributed by atoms with Crippen LogP contribution in [0.1, 0.15) is 15.9 Å². The molecule has 1 unspecified atom stereocenters. The Morgan fingerprint density at radius 3 is 2.04 bits per heavy atom. The summed E-state index contributed by atoms with van der Waals surface area (Å²) in [7, 11) is -1.20. The number of likely N-dealkylation sites (N-methyl/N-ethyl adjacent to an activating group) is 1. The van der Waals surface area contributed by atoms with Crippen LogP contribution in [0.3, 0.4) is 0 Å². The van der Waals surface area contributed by atoms with E-state index >= 15 is 0 Å². The molecule has 0 spiro atoms. The second-order valence-corrected chi connectivity index (χ2v) is 7.84. The molecule has 0 aliphatic rings. The van der Waals surface area contributed by atoms with E-state index in [1.807, 2.05) is 6.92 Å². The first-order valence-electron chi connectivity index (χ1n) is 7.61. The minimum atomic E-state index is -4.08. The molecule has 0 radical (unpaired) electrons. The number of carbonyl (C=O) groups is 2. The summed E-state index contributed by atoms with van der Waals surface area (Å²) < 4.78 is 25.7. The molecule has 2 aromatic rings. The third kappa shape index (κ3) is 4.24. The van der Waals surface area contributed by atoms with E-state index in [4.69, 9.17) is 0 Å². The highest BCUT2D eigenvalue weighted by Crippen LogP contribution is 2.16. The smallest absolute Gasteiger partial charge is 0.260 e. The molecular weight excluding hydrogens is 340 g/mol. The van der Waals surface area contributed by atoms with Crippen LogP contribution in [0.5, 0.6) is 0 Å². The zero-order chi connectivity index (χ0) is 18.6. The van der Waals surface area contributed by atoms with Gasteiger partial charge >= 0.3 is 0 Å². The Balaban J connectivity index is 2.38. The van der Waals surface area contributed by atoms with Gasteiger partial charge in [-0.05, 0) is 31.2 Å². The normalized spacial score (nSPS) is 12.3. The summed E-state index contributed by atoms with van der Waals surface area (Å²) in [5, 5.41) is 0.659. The molecule has 7 heteroatoms. The molecule has 0 bridgehead atoms. The van der Waals surface area contributed by atoms with Crippen molar-refractivity contribution < 1.29 is 18.0 Å². The number of rotatable bonds is 5. The first-order valence-corrected chi connectivity index (χ1v) is 9.16. The van der Waals surface area contributed by atoms with Crippen molar-refractivity contribution in [1.82, 2.24) is 10.2 Å². The van der Waals surface area contributed by atoms with Gasteiger partial charge in [0.15, 0.2) is 0 Å². The van der Waals surface area contributed by atoms with Gasteiger partial charge in [-0.3, -0.25) is 9.59 Å². The van der Waals surface area contributed by atoms with E-state index in [1.54, 1.807) is 42.5 Å². The van der Waals surface area contributed by atoms with Crippen molar-refractivity contribution in [2.45, 2.75) is 17.2 Å². The Kier molecular flexibility index (Phi) is 5.58. The van der Waals surface area contributed by atoms with E-state index in [9.17, 15) is 18.0 Å². The number of hydrogen-bond donors (Lipinski definition) is 1. The molecule has 0 heterocycles. The fraction of sp³-hybridized carbons (Fsp3) is 0.222. The monoisotopic (exact) mass is 360 g/mol. The first kappa shape index (κ1) is 18.7. The van der Waals surface area contributed by atoms with E-state index in [2.05, 4.69) is 5.32 Å². The second kappa shape index (κ2) is 7.48. The molecule has 132 valence electrons. The molecule has 0 aliphatic heterocycles. The Bertz CT molecular complexity index is 860. The van der Waals surface area contributed by atoms with Crippen LogP contribution >= 0.6 is 0 Å². The maximum Gasteiger partial charge on any atom is 0.260 e. The molecule has 0 fully saturated rings. The lowest BCUT2D eigenvalue weighted by Gasteiger charge is -2.22. The number of hydrogen-bond acceptors (Lipinski definition) is 4. The van der Waals surface area contributed by atoms with E-state index in [0.717, 1.165) is 10.5 Å². The summed E-state index contributed by atoms with van der Waals surface area (Å²) in [6.45, 7) is 1.87. The van der Waals surface area contributed by atoms with Crippen LogP contribution in [0, 0.1) is 6.92 Å². The maximum atomic E-state index is 12.8. The summed E-state index contributed by atoms with van der Waals surface area (Å²) in [5.41, 5.74) is 1.25. The number of aryl methyl sites for hydroxylation is 1. The molecule has 0 aliphatic carbocycles. The van der Waals surface area contributed by atoms with Crippen molar-refractivity contribution in [1.29, 1.82) is 0 Å². The topological polar surface area (TPSA) is 83.6 Å². The highest BCUT2D eigenvalue weighted by molar-refractivity contribution is 7.92. The molecule has 0 aromatic heterocycles. The standard InChI is InChI=1S/C18H20N2O4S/c1-13-9-11-14(12-10-13)16(21)19-17(18(22)20(2)3)25(23,24)15-7-5-4-6-8-15/h4-12,17H,1-3H3,(H,19,21). The number of sulfone groups is 1. The second-order valence-electron chi connectivity index (χ2n) is 5.81. The number of amides is 2. The van der Waals surface area contributed by atoms with Gasteiger partial charge in [-0.1, -0.05) is 35.9 Å². The predicted molar refractivity (Wildman–Crippen MR) is 94.8 cm³/mol. The molecule has 1 atom stereocenters. The van der Waals surface area contributed by atoms with Gasteiger partial charge in [0.05, 0.1) is 4.90 Å². The largest absolute Gasteiger partial charge is 0.346 e. The van der Waals surface area contributed by atoms with Crippen molar-refractivity contribution in [3.63, 3.8) is 0 Å². The van der Waals surface area contributed by atoms with Crippen molar-refractivity contribution in [2.24, 2.45) is 0 Å². The van der Waals surface area contributed by atoms with Crippen LogP contribution < -0.4 is 5.32 Å². The molecular formula is C18H20N2O4S. The Hall–Kier alpha value is -2.67. The summed E-state index contributed by atoms with van der Waals surface area (Å²) >= 11 is 0. The van der Waals surface area contributed by atoms with Crippen LogP contribution in [-0.2, 0) is 14.6 Å². The van der Waals surface area contributed by atoms with Crippen LogP contribution in [0.15, 0.2) is 59.5 Å². The molecule has 1 N–H and O–H groups in total. The molecule has 2 aromatic carbocycles. The molecule has 2 rings (SSSR count). The first-order chi connectivity index (χ1) is 11.7. The maximum absolute atomic E-state index is 12.8. The van der Waals surface area contributed by atoms with Crippen LogP contribution in [-0.4, -0.2) is 44.6 Å². The van der Waals surface area contributed by atoms with Gasteiger partial charge in [-0.2, -0.15) is 0 Å². The number of nitrogens with zero attached hydrogens (tertiary/aromatic N) is 1. The fourth-order valence-corrected chi connectivity index (χ4v) is 3.71. The summed E-state index contributed by atoms with van der Waals surface area (Å²) in [6.07, 6.45) is 0. The lowest BCUT2D eigenvalue weighted by atomic mass is 10.1. The zero-order valence-electron chi connectivity index (χ0n) is 14.3. The fourth-order valence-electron chi connectivity index (χ4n) is 2.16. The van der Waals surface area contributed by atoms with Crippen molar-refractivity contribution in [3.8, 4) is 0 Å². The van der Waals surface area contributed by atoms with E-state index < -0.39 is 27.0 Å². The lowest BCUT2D eigenvalue weighted by Crippen LogP contribution is -2.50. The molecule has 2 amide bonds. The summed E-state index contributed by atoms with van der Waals surface area (Å²) in [5.74, 6) is -1.34. The minimum Gasteiger partial charge on any atom is -0.346 e. The van der Waals surface area contributed by atoms with Gasteiger partial charge in [0.1, 0.15) is 0 Å². The van der Waals surface area contributed by atoms with Gasteiger partial charge in [0, 0.05) is 19.7 Å². The summed E-state index contributed by atoms with van der Waals surface area (Å²) in [4.78, 5) is 26.0. The SMILES string of the molecule is Cc1ccc(C(=O)NC(C(=O)N(C)C)S(=O)(=O)c2ccccc2)cc1. The molecule has 0 saturated carbocycles. The molecule has 25 heavy (non-hydrogen) atoms. The summed E-state index contributed by atoms with van der Waals surface area (Å²) in [6, 6.07) is 14.2. The van der Waals surface area contributed by atoms with Crippen molar-refractivity contribution in [2.75, 3.05) is 14.1 Å². The van der Waals surface area contributed by atoms with Crippen LogP contribution in [0.2, 0.25) is 0 Å². The Morgan fingerprint density at radius 1 is 0.960 bits per heavy atom. The Morgan fingerprint density at radius 2 is 1.52 bits per heavy atom. The zero-order valence-corrected chi connectivity index (χ0v) is 15.1. The van der Waals surface area contributed by atoms with Gasteiger partial charge < -0.3 is 10.2 Å². The quantitative estimate of drug-likeness (QED) is 0.878. The van der Waals surface area contributed by atoms with Gasteiger partial charge in [-0.25, -0.2) is 8.42 Å². The van der Waals surface area contributed by atoms with Crippen molar-refractivity contribution >= 4 is 21.7 Å².